The highest BCUT2D eigenvalue weighted by Gasteiger charge is 2.30. The molecule has 156 valence electrons. The predicted molar refractivity (Wildman–Crippen MR) is 104 cm³/mol. The second-order valence-corrected chi connectivity index (χ2v) is 6.82. The van der Waals surface area contributed by atoms with Gasteiger partial charge in [-0.1, -0.05) is 0 Å². The van der Waals surface area contributed by atoms with Crippen molar-refractivity contribution in [2.75, 3.05) is 19.0 Å². The van der Waals surface area contributed by atoms with Crippen molar-refractivity contribution in [3.63, 3.8) is 0 Å². The van der Waals surface area contributed by atoms with Crippen molar-refractivity contribution in [3.05, 3.63) is 65.0 Å². The molecule has 2 aromatic carbocycles. The molecule has 0 saturated carbocycles. The monoisotopic (exact) mass is 436 g/mol. The molecule has 1 aromatic heterocycles. The fourth-order valence-electron chi connectivity index (χ4n) is 2.39. The van der Waals surface area contributed by atoms with Gasteiger partial charge in [0.1, 0.15) is 5.75 Å². The van der Waals surface area contributed by atoms with Gasteiger partial charge in [-0.2, -0.15) is 13.2 Å². The van der Waals surface area contributed by atoms with Crippen molar-refractivity contribution >= 4 is 28.3 Å². The zero-order valence-electron chi connectivity index (χ0n) is 15.5. The number of ether oxygens (including phenoxy) is 2. The molecule has 0 aliphatic heterocycles. The molecule has 1 amide bonds. The van der Waals surface area contributed by atoms with Crippen molar-refractivity contribution in [3.8, 4) is 17.0 Å². The Kier molecular flexibility index (Phi) is 6.36. The Morgan fingerprint density at radius 2 is 1.73 bits per heavy atom. The fraction of sp³-hybridized carbons (Fsp3) is 0.150. The molecular weight excluding hydrogens is 421 g/mol. The van der Waals surface area contributed by atoms with Crippen molar-refractivity contribution in [1.29, 1.82) is 0 Å². The Bertz CT molecular complexity index is 1030. The molecule has 0 bridgehead atoms. The van der Waals surface area contributed by atoms with Crippen LogP contribution in [0.2, 0.25) is 0 Å². The molecule has 30 heavy (non-hydrogen) atoms. The molecule has 10 heteroatoms. The van der Waals surface area contributed by atoms with E-state index in [1.54, 1.807) is 24.6 Å². The normalized spacial score (nSPS) is 11.1. The smallest absolute Gasteiger partial charge is 0.416 e. The Morgan fingerprint density at radius 1 is 1.07 bits per heavy atom. The quantitative estimate of drug-likeness (QED) is 0.570. The third kappa shape index (κ3) is 5.35. The number of halogens is 3. The van der Waals surface area contributed by atoms with Crippen molar-refractivity contribution in [1.82, 2.24) is 4.98 Å². The Balaban J connectivity index is 1.53. The topological polar surface area (TPSA) is 77.5 Å². The number of carbonyl (C=O) groups is 2. The lowest BCUT2D eigenvalue weighted by atomic mass is 10.1. The average Bonchev–Trinajstić information content (AvgIpc) is 3.20. The van der Waals surface area contributed by atoms with Gasteiger partial charge in [-0.05, 0) is 48.5 Å². The maximum Gasteiger partial charge on any atom is 0.416 e. The van der Waals surface area contributed by atoms with E-state index in [1.165, 1.54) is 11.3 Å². The second-order valence-electron chi connectivity index (χ2n) is 5.97. The maximum atomic E-state index is 12.5. The highest BCUT2D eigenvalue weighted by Crippen LogP contribution is 2.29. The number of hydrogen-bond donors (Lipinski definition) is 1. The molecule has 0 atom stereocenters. The number of thiazole rings is 1. The van der Waals surface area contributed by atoms with Gasteiger partial charge in [0.15, 0.2) is 11.7 Å². The van der Waals surface area contributed by atoms with Gasteiger partial charge in [0.25, 0.3) is 5.91 Å². The number of hydrogen-bond acceptors (Lipinski definition) is 6. The van der Waals surface area contributed by atoms with Gasteiger partial charge in [-0.15, -0.1) is 11.3 Å². The number of aromatic nitrogens is 1. The summed E-state index contributed by atoms with van der Waals surface area (Å²) < 4.78 is 47.6. The summed E-state index contributed by atoms with van der Waals surface area (Å²) in [6, 6.07) is 10.7. The van der Waals surface area contributed by atoms with Gasteiger partial charge in [-0.25, -0.2) is 9.78 Å². The standard InChI is InChI=1S/C20H15F3N2O4S/c1-28-15-8-4-12(5-9-15)16-11-30-19(24-16)25-17(26)10-29-18(27)13-2-6-14(7-3-13)20(21,22)23/h2-9,11H,10H2,1H3,(H,24,25,26). The van der Waals surface area contributed by atoms with E-state index in [1.807, 2.05) is 12.1 Å². The number of carbonyl (C=O) groups excluding carboxylic acids is 2. The van der Waals surface area contributed by atoms with Crippen LogP contribution in [0, 0.1) is 0 Å². The van der Waals surface area contributed by atoms with Crippen LogP contribution in [0.25, 0.3) is 11.3 Å². The molecule has 3 rings (SSSR count). The number of esters is 1. The molecule has 1 N–H and O–H groups in total. The van der Waals surface area contributed by atoms with Crippen LogP contribution in [0.5, 0.6) is 5.75 Å². The first-order chi connectivity index (χ1) is 14.3. The molecule has 3 aromatic rings. The van der Waals surface area contributed by atoms with E-state index in [0.717, 1.165) is 29.8 Å². The molecule has 0 fully saturated rings. The number of amides is 1. The lowest BCUT2D eigenvalue weighted by Gasteiger charge is -2.08. The third-order valence-electron chi connectivity index (χ3n) is 3.92. The number of nitrogens with one attached hydrogen (secondary N) is 1. The zero-order valence-corrected chi connectivity index (χ0v) is 16.3. The minimum Gasteiger partial charge on any atom is -0.497 e. The van der Waals surface area contributed by atoms with Gasteiger partial charge >= 0.3 is 12.1 Å². The van der Waals surface area contributed by atoms with Crippen LogP contribution < -0.4 is 10.1 Å². The molecule has 0 aliphatic carbocycles. The molecule has 1 heterocycles. The average molecular weight is 436 g/mol. The molecule has 0 aliphatic rings. The van der Waals surface area contributed by atoms with Crippen molar-refractivity contribution in [2.24, 2.45) is 0 Å². The highest BCUT2D eigenvalue weighted by molar-refractivity contribution is 7.14. The predicted octanol–water partition coefficient (Wildman–Crippen LogP) is 4.63. The first-order valence-corrected chi connectivity index (χ1v) is 9.38. The number of nitrogens with zero attached hydrogens (tertiary/aromatic N) is 1. The number of rotatable bonds is 6. The second kappa shape index (κ2) is 8.95. The SMILES string of the molecule is COc1ccc(-c2csc(NC(=O)COC(=O)c3ccc(C(F)(F)F)cc3)n2)cc1. The van der Waals surface area contributed by atoms with E-state index in [9.17, 15) is 22.8 Å². The first-order valence-electron chi connectivity index (χ1n) is 8.50. The Morgan fingerprint density at radius 3 is 2.33 bits per heavy atom. The van der Waals surface area contributed by atoms with Gasteiger partial charge in [0, 0.05) is 10.9 Å². The van der Waals surface area contributed by atoms with E-state index < -0.39 is 30.2 Å². The molecule has 0 radical (unpaired) electrons. The number of anilines is 1. The molecule has 0 spiro atoms. The van der Waals surface area contributed by atoms with Crippen LogP contribution in [0.4, 0.5) is 18.3 Å². The summed E-state index contributed by atoms with van der Waals surface area (Å²) in [5.41, 5.74) is 0.515. The van der Waals surface area contributed by atoms with Crippen LogP contribution in [0.3, 0.4) is 0 Å². The van der Waals surface area contributed by atoms with Crippen LogP contribution in [-0.2, 0) is 15.7 Å². The summed E-state index contributed by atoms with van der Waals surface area (Å²) in [5, 5.41) is 4.58. The van der Waals surface area contributed by atoms with Crippen LogP contribution in [0.1, 0.15) is 15.9 Å². The number of alkyl halides is 3. The van der Waals surface area contributed by atoms with E-state index in [-0.39, 0.29) is 5.56 Å². The van der Waals surface area contributed by atoms with E-state index in [2.05, 4.69) is 10.3 Å². The minimum atomic E-state index is -4.50. The zero-order chi connectivity index (χ0) is 21.7. The first kappa shape index (κ1) is 21.3. The van der Waals surface area contributed by atoms with Gasteiger partial charge in [0.05, 0.1) is 23.9 Å². The third-order valence-corrected chi connectivity index (χ3v) is 4.68. The van der Waals surface area contributed by atoms with E-state index in [0.29, 0.717) is 16.6 Å². The fourth-order valence-corrected chi connectivity index (χ4v) is 3.13. The van der Waals surface area contributed by atoms with Crippen LogP contribution in [0.15, 0.2) is 53.9 Å². The summed E-state index contributed by atoms with van der Waals surface area (Å²) in [4.78, 5) is 28.2. The van der Waals surface area contributed by atoms with Crippen molar-refractivity contribution in [2.45, 2.75) is 6.18 Å². The molecule has 0 saturated heterocycles. The van der Waals surface area contributed by atoms with Gasteiger partial charge < -0.3 is 9.47 Å². The van der Waals surface area contributed by atoms with Crippen LogP contribution in [-0.4, -0.2) is 30.6 Å². The van der Waals surface area contributed by atoms with Gasteiger partial charge in [-0.3, -0.25) is 10.1 Å². The molecular formula is C20H15F3N2O4S. The molecule has 6 nitrogen and oxygen atoms in total. The lowest BCUT2D eigenvalue weighted by Crippen LogP contribution is -2.21. The maximum absolute atomic E-state index is 12.5. The minimum absolute atomic E-state index is 0.0909. The lowest BCUT2D eigenvalue weighted by molar-refractivity contribution is -0.137. The van der Waals surface area contributed by atoms with Gasteiger partial charge in [0.2, 0.25) is 0 Å². The number of benzene rings is 2. The molecule has 0 unspecified atom stereocenters. The summed E-state index contributed by atoms with van der Waals surface area (Å²) in [6.45, 7) is -0.600. The van der Waals surface area contributed by atoms with E-state index >= 15 is 0 Å². The summed E-state index contributed by atoms with van der Waals surface area (Å²) >= 11 is 1.20. The van der Waals surface area contributed by atoms with Crippen LogP contribution >= 0.6 is 11.3 Å². The summed E-state index contributed by atoms with van der Waals surface area (Å²) in [5.74, 6) is -0.819. The summed E-state index contributed by atoms with van der Waals surface area (Å²) in [7, 11) is 1.57. The number of methoxy groups -OCH3 is 1. The largest absolute Gasteiger partial charge is 0.497 e. The van der Waals surface area contributed by atoms with Crippen molar-refractivity contribution < 1.29 is 32.2 Å². The Hall–Kier alpha value is -3.40. The summed E-state index contributed by atoms with van der Waals surface area (Å²) in [6.07, 6.45) is -4.50. The Labute approximate surface area is 173 Å². The van der Waals surface area contributed by atoms with E-state index in [4.69, 9.17) is 9.47 Å². The highest BCUT2D eigenvalue weighted by atomic mass is 32.1.